The smallest absolute Gasteiger partial charge is 0.0667 e. The van der Waals surface area contributed by atoms with Gasteiger partial charge < -0.3 is 10.1 Å². The van der Waals surface area contributed by atoms with Gasteiger partial charge in [-0.15, -0.1) is 0 Å². The van der Waals surface area contributed by atoms with Gasteiger partial charge in [0.2, 0.25) is 0 Å². The van der Waals surface area contributed by atoms with E-state index in [0.717, 1.165) is 24.9 Å². The van der Waals surface area contributed by atoms with Crippen LogP contribution in [0.5, 0.6) is 0 Å². The van der Waals surface area contributed by atoms with Crippen LogP contribution in [0.15, 0.2) is 0 Å². The Morgan fingerprint density at radius 2 is 1.93 bits per heavy atom. The summed E-state index contributed by atoms with van der Waals surface area (Å²) in [6.07, 6.45) is 7.48. The normalized spacial score (nSPS) is 29.0. The van der Waals surface area contributed by atoms with E-state index in [4.69, 9.17) is 4.74 Å². The van der Waals surface area contributed by atoms with Crippen LogP contribution in [0.2, 0.25) is 0 Å². The maximum Gasteiger partial charge on any atom is 0.0667 e. The standard InChI is InChI=1S/C13H27NO/c1-11-4-6-13(7-5-11)8-9-14-10-12(2)15-3/h11-14H,4-10H2,1-3H3. The Morgan fingerprint density at radius 3 is 2.53 bits per heavy atom. The summed E-state index contributed by atoms with van der Waals surface area (Å²) in [5.41, 5.74) is 0. The molecular weight excluding hydrogens is 186 g/mol. The lowest BCUT2D eigenvalue weighted by atomic mass is 9.81. The summed E-state index contributed by atoms with van der Waals surface area (Å²) in [5.74, 6) is 1.95. The minimum Gasteiger partial charge on any atom is -0.380 e. The quantitative estimate of drug-likeness (QED) is 0.685. The molecule has 0 aliphatic heterocycles. The summed E-state index contributed by atoms with van der Waals surface area (Å²) in [6.45, 7) is 6.64. The third-order valence-corrected chi connectivity index (χ3v) is 3.70. The molecule has 0 aromatic rings. The molecule has 0 aromatic heterocycles. The van der Waals surface area contributed by atoms with Crippen LogP contribution in [-0.2, 0) is 4.74 Å². The van der Waals surface area contributed by atoms with Crippen molar-refractivity contribution in [2.75, 3.05) is 20.2 Å². The van der Waals surface area contributed by atoms with Crippen LogP contribution in [0.3, 0.4) is 0 Å². The van der Waals surface area contributed by atoms with E-state index in [1.165, 1.54) is 32.1 Å². The topological polar surface area (TPSA) is 21.3 Å². The second-order valence-corrected chi connectivity index (χ2v) is 5.17. The first-order valence-corrected chi connectivity index (χ1v) is 6.46. The van der Waals surface area contributed by atoms with Crippen molar-refractivity contribution in [3.05, 3.63) is 0 Å². The summed E-state index contributed by atoms with van der Waals surface area (Å²) in [5, 5.41) is 3.47. The molecule has 0 amide bonds. The molecule has 0 radical (unpaired) electrons. The van der Waals surface area contributed by atoms with E-state index in [1.807, 2.05) is 0 Å². The van der Waals surface area contributed by atoms with Crippen molar-refractivity contribution < 1.29 is 4.74 Å². The Hall–Kier alpha value is -0.0800. The van der Waals surface area contributed by atoms with Crippen LogP contribution >= 0.6 is 0 Å². The zero-order chi connectivity index (χ0) is 11.1. The predicted molar refractivity (Wildman–Crippen MR) is 65.1 cm³/mol. The van der Waals surface area contributed by atoms with Gasteiger partial charge in [-0.3, -0.25) is 0 Å². The molecule has 1 N–H and O–H groups in total. The summed E-state index contributed by atoms with van der Waals surface area (Å²) < 4.78 is 5.19. The molecule has 0 heterocycles. The number of ether oxygens (including phenoxy) is 1. The molecule has 1 saturated carbocycles. The van der Waals surface area contributed by atoms with Crippen LogP contribution in [0.25, 0.3) is 0 Å². The highest BCUT2D eigenvalue weighted by molar-refractivity contribution is 4.70. The molecule has 90 valence electrons. The highest BCUT2D eigenvalue weighted by Crippen LogP contribution is 2.29. The molecule has 1 aliphatic rings. The van der Waals surface area contributed by atoms with Crippen molar-refractivity contribution in [2.24, 2.45) is 11.8 Å². The van der Waals surface area contributed by atoms with Gasteiger partial charge >= 0.3 is 0 Å². The number of hydrogen-bond acceptors (Lipinski definition) is 2. The second-order valence-electron chi connectivity index (χ2n) is 5.17. The second kappa shape index (κ2) is 7.24. The Kier molecular flexibility index (Phi) is 6.26. The molecule has 0 bridgehead atoms. The van der Waals surface area contributed by atoms with Gasteiger partial charge in [0.25, 0.3) is 0 Å². The van der Waals surface area contributed by atoms with Crippen LogP contribution in [0, 0.1) is 11.8 Å². The van der Waals surface area contributed by atoms with Crippen molar-refractivity contribution in [3.8, 4) is 0 Å². The third-order valence-electron chi connectivity index (χ3n) is 3.70. The first-order valence-electron chi connectivity index (χ1n) is 6.46. The van der Waals surface area contributed by atoms with Crippen LogP contribution < -0.4 is 5.32 Å². The summed E-state index contributed by atoms with van der Waals surface area (Å²) in [4.78, 5) is 0. The largest absolute Gasteiger partial charge is 0.380 e. The molecule has 1 aliphatic carbocycles. The summed E-state index contributed by atoms with van der Waals surface area (Å²) in [6, 6.07) is 0. The summed E-state index contributed by atoms with van der Waals surface area (Å²) >= 11 is 0. The van der Waals surface area contributed by atoms with Gasteiger partial charge in [-0.05, 0) is 31.7 Å². The molecule has 0 spiro atoms. The highest BCUT2D eigenvalue weighted by Gasteiger charge is 2.17. The molecule has 2 heteroatoms. The van der Waals surface area contributed by atoms with Crippen molar-refractivity contribution in [1.29, 1.82) is 0 Å². The van der Waals surface area contributed by atoms with Gasteiger partial charge in [0.1, 0.15) is 0 Å². The van der Waals surface area contributed by atoms with Gasteiger partial charge in [-0.25, -0.2) is 0 Å². The SMILES string of the molecule is COC(C)CNCCC1CCC(C)CC1. The van der Waals surface area contributed by atoms with E-state index in [-0.39, 0.29) is 0 Å². The first kappa shape index (κ1) is 13.0. The highest BCUT2D eigenvalue weighted by atomic mass is 16.5. The zero-order valence-electron chi connectivity index (χ0n) is 10.6. The Labute approximate surface area is 94.8 Å². The van der Waals surface area contributed by atoms with E-state index in [2.05, 4.69) is 19.2 Å². The maximum absolute atomic E-state index is 5.19. The van der Waals surface area contributed by atoms with Crippen molar-refractivity contribution >= 4 is 0 Å². The fourth-order valence-electron chi connectivity index (χ4n) is 2.31. The van der Waals surface area contributed by atoms with E-state index in [0.29, 0.717) is 6.10 Å². The third kappa shape index (κ3) is 5.53. The molecule has 1 atom stereocenters. The van der Waals surface area contributed by atoms with Crippen LogP contribution in [0.4, 0.5) is 0 Å². The lowest BCUT2D eigenvalue weighted by Crippen LogP contribution is -2.28. The zero-order valence-corrected chi connectivity index (χ0v) is 10.6. The van der Waals surface area contributed by atoms with E-state index >= 15 is 0 Å². The number of methoxy groups -OCH3 is 1. The Bertz CT molecular complexity index is 153. The van der Waals surface area contributed by atoms with Gasteiger partial charge in [0.15, 0.2) is 0 Å². The average Bonchev–Trinajstić information content (AvgIpc) is 2.26. The molecular formula is C13H27NO. The fraction of sp³-hybridized carbons (Fsp3) is 1.00. The molecule has 0 aromatic carbocycles. The van der Waals surface area contributed by atoms with E-state index in [1.54, 1.807) is 7.11 Å². The van der Waals surface area contributed by atoms with Crippen molar-refractivity contribution in [3.63, 3.8) is 0 Å². The molecule has 15 heavy (non-hydrogen) atoms. The first-order chi connectivity index (χ1) is 7.22. The van der Waals surface area contributed by atoms with E-state index in [9.17, 15) is 0 Å². The van der Waals surface area contributed by atoms with Crippen molar-refractivity contribution in [2.45, 2.75) is 52.1 Å². The lowest BCUT2D eigenvalue weighted by molar-refractivity contribution is 0.116. The average molecular weight is 213 g/mol. The van der Waals surface area contributed by atoms with Crippen LogP contribution in [0.1, 0.15) is 46.0 Å². The fourth-order valence-corrected chi connectivity index (χ4v) is 2.31. The molecule has 1 rings (SSSR count). The van der Waals surface area contributed by atoms with Crippen molar-refractivity contribution in [1.82, 2.24) is 5.32 Å². The molecule has 1 fully saturated rings. The minimum atomic E-state index is 0.344. The monoisotopic (exact) mass is 213 g/mol. The molecule has 1 unspecified atom stereocenters. The predicted octanol–water partition coefficient (Wildman–Crippen LogP) is 2.83. The number of rotatable bonds is 6. The van der Waals surface area contributed by atoms with Gasteiger partial charge in [-0.2, -0.15) is 0 Å². The molecule has 2 nitrogen and oxygen atoms in total. The van der Waals surface area contributed by atoms with Gasteiger partial charge in [0, 0.05) is 13.7 Å². The maximum atomic E-state index is 5.19. The minimum absolute atomic E-state index is 0.344. The van der Waals surface area contributed by atoms with E-state index < -0.39 is 0 Å². The Balaban J connectivity index is 1.96. The number of hydrogen-bond donors (Lipinski definition) is 1. The summed E-state index contributed by atoms with van der Waals surface area (Å²) in [7, 11) is 1.77. The Morgan fingerprint density at radius 1 is 1.27 bits per heavy atom. The van der Waals surface area contributed by atoms with Gasteiger partial charge in [-0.1, -0.05) is 32.6 Å². The van der Waals surface area contributed by atoms with Gasteiger partial charge in [0.05, 0.1) is 6.10 Å². The lowest BCUT2D eigenvalue weighted by Gasteiger charge is -2.26. The number of nitrogens with one attached hydrogen (secondary N) is 1. The molecule has 0 saturated heterocycles. The van der Waals surface area contributed by atoms with Crippen LogP contribution in [-0.4, -0.2) is 26.3 Å².